The van der Waals surface area contributed by atoms with E-state index in [9.17, 15) is 9.18 Å². The van der Waals surface area contributed by atoms with Crippen LogP contribution < -0.4 is 10.6 Å². The minimum absolute atomic E-state index is 0.196. The fourth-order valence-electron chi connectivity index (χ4n) is 6.42. The Morgan fingerprint density at radius 3 is 2.47 bits per heavy atom. The summed E-state index contributed by atoms with van der Waals surface area (Å²) in [6.45, 7) is 3.50. The third kappa shape index (κ3) is 3.31. The van der Waals surface area contributed by atoms with E-state index in [-0.39, 0.29) is 11.7 Å². The molecule has 2 heterocycles. The Bertz CT molecular complexity index is 1210. The van der Waals surface area contributed by atoms with Crippen LogP contribution in [0.1, 0.15) is 36.4 Å². The predicted molar refractivity (Wildman–Crippen MR) is 133 cm³/mol. The average molecular weight is 459 g/mol. The van der Waals surface area contributed by atoms with Crippen LogP contribution in [0, 0.1) is 5.82 Å². The van der Waals surface area contributed by atoms with E-state index >= 15 is 0 Å². The second kappa shape index (κ2) is 8.36. The van der Waals surface area contributed by atoms with Crippen molar-refractivity contribution < 1.29 is 9.18 Å². The summed E-state index contributed by atoms with van der Waals surface area (Å²) >= 11 is 0. The largest absolute Gasteiger partial charge is 0.339 e. The zero-order chi connectivity index (χ0) is 23.3. The maximum atomic E-state index is 13.7. The standard InChI is InChI=1S/C28H31FN4O/c29-22-8-10-23(11-9-22)33-19-32(15-3-14-30)27(34)28(33)12-16-31(17-13-28)25-18-21-6-1-4-20-5-2-7-24(25)26(20)21/h1-2,4-11,25H,3,12-19,30H2/t25-/m1/s1. The molecule has 34 heavy (non-hydrogen) atoms. The summed E-state index contributed by atoms with van der Waals surface area (Å²) in [7, 11) is 0. The summed E-state index contributed by atoms with van der Waals surface area (Å²) in [5.74, 6) is -0.0603. The van der Waals surface area contributed by atoms with Crippen molar-refractivity contribution in [3.05, 3.63) is 77.6 Å². The molecule has 5 nitrogen and oxygen atoms in total. The Balaban J connectivity index is 1.27. The molecule has 2 N–H and O–H groups in total. The Labute approximate surface area is 199 Å². The van der Waals surface area contributed by atoms with Crippen LogP contribution in [0.2, 0.25) is 0 Å². The predicted octanol–water partition coefficient (Wildman–Crippen LogP) is 4.07. The number of hydrogen-bond acceptors (Lipinski definition) is 4. The average Bonchev–Trinajstić information content (AvgIpc) is 3.37. The van der Waals surface area contributed by atoms with Gasteiger partial charge in [0.05, 0.1) is 6.67 Å². The van der Waals surface area contributed by atoms with Crippen LogP contribution in [-0.4, -0.2) is 54.1 Å². The molecule has 1 atom stereocenters. The Hall–Kier alpha value is -2.96. The monoisotopic (exact) mass is 458 g/mol. The molecule has 1 spiro atoms. The number of anilines is 1. The molecule has 3 aliphatic rings. The van der Waals surface area contributed by atoms with Crippen molar-refractivity contribution in [3.8, 4) is 0 Å². The van der Waals surface area contributed by atoms with E-state index in [1.165, 1.54) is 34.0 Å². The van der Waals surface area contributed by atoms with Crippen LogP contribution in [0.5, 0.6) is 0 Å². The van der Waals surface area contributed by atoms with E-state index in [2.05, 4.69) is 46.2 Å². The minimum Gasteiger partial charge on any atom is -0.339 e. The summed E-state index contributed by atoms with van der Waals surface area (Å²) in [6, 6.07) is 20.2. The summed E-state index contributed by atoms with van der Waals surface area (Å²) < 4.78 is 13.6. The van der Waals surface area contributed by atoms with Gasteiger partial charge in [-0.05, 0) is 78.4 Å². The normalized spacial score (nSPS) is 21.8. The van der Waals surface area contributed by atoms with Gasteiger partial charge in [0.15, 0.2) is 0 Å². The first-order valence-electron chi connectivity index (χ1n) is 12.4. The Morgan fingerprint density at radius 1 is 1.00 bits per heavy atom. The molecule has 0 saturated carbocycles. The number of carbonyl (C=O) groups excluding carboxylic acids is 1. The van der Waals surface area contributed by atoms with Gasteiger partial charge in [0.25, 0.3) is 0 Å². The fraction of sp³-hybridized carbons (Fsp3) is 0.393. The Morgan fingerprint density at radius 2 is 1.74 bits per heavy atom. The molecule has 2 saturated heterocycles. The highest BCUT2D eigenvalue weighted by atomic mass is 19.1. The lowest BCUT2D eigenvalue weighted by molar-refractivity contribution is -0.133. The van der Waals surface area contributed by atoms with E-state index in [4.69, 9.17) is 5.73 Å². The molecule has 6 rings (SSSR count). The van der Waals surface area contributed by atoms with Crippen LogP contribution in [0.3, 0.4) is 0 Å². The number of piperidine rings is 1. The highest BCUT2D eigenvalue weighted by Crippen LogP contribution is 2.45. The molecular formula is C28H31FN4O. The van der Waals surface area contributed by atoms with Crippen molar-refractivity contribution in [1.29, 1.82) is 0 Å². The molecule has 3 aromatic rings. The van der Waals surface area contributed by atoms with E-state index in [0.717, 1.165) is 44.5 Å². The van der Waals surface area contributed by atoms with Crippen LogP contribution in [0.15, 0.2) is 60.7 Å². The zero-order valence-electron chi connectivity index (χ0n) is 19.4. The molecular weight excluding hydrogens is 427 g/mol. The lowest BCUT2D eigenvalue weighted by Crippen LogP contribution is -2.57. The summed E-state index contributed by atoms with van der Waals surface area (Å²) in [5.41, 5.74) is 8.93. The molecule has 1 amide bonds. The van der Waals surface area contributed by atoms with Crippen LogP contribution in [0.25, 0.3) is 10.8 Å². The molecule has 0 unspecified atom stereocenters. The lowest BCUT2D eigenvalue weighted by atomic mass is 9.84. The zero-order valence-corrected chi connectivity index (χ0v) is 19.4. The lowest BCUT2D eigenvalue weighted by Gasteiger charge is -2.45. The minimum atomic E-state index is -0.569. The van der Waals surface area contributed by atoms with Gasteiger partial charge in [0, 0.05) is 31.4 Å². The molecule has 0 aromatic heterocycles. The van der Waals surface area contributed by atoms with Gasteiger partial charge in [-0.25, -0.2) is 4.39 Å². The van der Waals surface area contributed by atoms with Gasteiger partial charge in [0.1, 0.15) is 11.4 Å². The maximum Gasteiger partial charge on any atom is 0.250 e. The number of nitrogens with two attached hydrogens (primary N) is 1. The molecule has 2 aliphatic heterocycles. The van der Waals surface area contributed by atoms with Crippen molar-refractivity contribution >= 4 is 22.4 Å². The number of benzene rings is 3. The first-order valence-corrected chi connectivity index (χ1v) is 12.4. The highest BCUT2D eigenvalue weighted by molar-refractivity contribution is 5.94. The van der Waals surface area contributed by atoms with Crippen molar-refractivity contribution in [2.24, 2.45) is 5.73 Å². The molecule has 6 heteroatoms. The fourth-order valence-corrected chi connectivity index (χ4v) is 6.42. The van der Waals surface area contributed by atoms with E-state index in [1.807, 2.05) is 4.90 Å². The first kappa shape index (κ1) is 21.6. The van der Waals surface area contributed by atoms with Crippen LogP contribution >= 0.6 is 0 Å². The summed E-state index contributed by atoms with van der Waals surface area (Å²) in [6.07, 6.45) is 3.35. The maximum absolute atomic E-state index is 13.7. The molecule has 3 aromatic carbocycles. The van der Waals surface area contributed by atoms with Crippen molar-refractivity contribution in [3.63, 3.8) is 0 Å². The van der Waals surface area contributed by atoms with Gasteiger partial charge >= 0.3 is 0 Å². The third-order valence-corrected chi connectivity index (χ3v) is 8.15. The van der Waals surface area contributed by atoms with E-state index < -0.39 is 5.54 Å². The molecule has 0 bridgehead atoms. The van der Waals surface area contributed by atoms with Crippen LogP contribution in [-0.2, 0) is 11.2 Å². The van der Waals surface area contributed by atoms with Gasteiger partial charge in [-0.1, -0.05) is 36.4 Å². The Kier molecular flexibility index (Phi) is 5.30. The molecule has 0 radical (unpaired) electrons. The quantitative estimate of drug-likeness (QED) is 0.626. The first-order chi connectivity index (χ1) is 16.6. The smallest absolute Gasteiger partial charge is 0.250 e. The van der Waals surface area contributed by atoms with Gasteiger partial charge in [-0.15, -0.1) is 0 Å². The number of halogens is 1. The van der Waals surface area contributed by atoms with Crippen LogP contribution in [0.4, 0.5) is 10.1 Å². The van der Waals surface area contributed by atoms with Gasteiger partial charge in [-0.3, -0.25) is 9.69 Å². The second-order valence-electron chi connectivity index (χ2n) is 9.91. The van der Waals surface area contributed by atoms with E-state index in [1.54, 1.807) is 12.1 Å². The third-order valence-electron chi connectivity index (χ3n) is 8.15. The summed E-state index contributed by atoms with van der Waals surface area (Å²) in [4.78, 5) is 20.5. The summed E-state index contributed by atoms with van der Waals surface area (Å²) in [5, 5.41) is 2.73. The topological polar surface area (TPSA) is 52.8 Å². The second-order valence-corrected chi connectivity index (χ2v) is 9.91. The number of nitrogens with zero attached hydrogens (tertiary/aromatic N) is 3. The van der Waals surface area contributed by atoms with Gasteiger partial charge in [0.2, 0.25) is 5.91 Å². The molecule has 176 valence electrons. The van der Waals surface area contributed by atoms with Gasteiger partial charge in [-0.2, -0.15) is 0 Å². The van der Waals surface area contributed by atoms with Crippen molar-refractivity contribution in [2.45, 2.75) is 37.3 Å². The number of rotatable bonds is 5. The van der Waals surface area contributed by atoms with Crippen molar-refractivity contribution in [1.82, 2.24) is 9.80 Å². The molecule has 2 fully saturated rings. The van der Waals surface area contributed by atoms with Gasteiger partial charge < -0.3 is 15.5 Å². The number of hydrogen-bond donors (Lipinski definition) is 1. The van der Waals surface area contributed by atoms with Crippen molar-refractivity contribution in [2.75, 3.05) is 37.7 Å². The number of likely N-dealkylation sites (tertiary alicyclic amines) is 1. The van der Waals surface area contributed by atoms with E-state index in [0.29, 0.717) is 25.8 Å². The number of carbonyl (C=O) groups is 1. The highest BCUT2D eigenvalue weighted by Gasteiger charge is 2.54. The number of amides is 1. The molecule has 1 aliphatic carbocycles. The SMILES string of the molecule is NCCCN1CN(c2ccc(F)cc2)C2(CCN([C@@H]3Cc4cccc5cccc3c45)CC2)C1=O.